The molecule has 4 rings (SSSR count). The number of carbonyl (C=O) groups excluding carboxylic acids is 1. The maximum absolute atomic E-state index is 12.6. The lowest BCUT2D eigenvalue weighted by Gasteiger charge is -2.19. The quantitative estimate of drug-likeness (QED) is 0.287. The van der Waals surface area contributed by atoms with Gasteiger partial charge >= 0.3 is 17.2 Å². The second-order valence-electron chi connectivity index (χ2n) is 8.14. The van der Waals surface area contributed by atoms with Gasteiger partial charge in [0.2, 0.25) is 0 Å². The van der Waals surface area contributed by atoms with Crippen LogP contribution in [0.5, 0.6) is 5.75 Å². The van der Waals surface area contributed by atoms with E-state index in [1.165, 1.54) is 12.1 Å². The van der Waals surface area contributed by atoms with E-state index in [1.807, 2.05) is 6.07 Å². The third kappa shape index (κ3) is 4.75. The Bertz CT molecular complexity index is 1460. The number of halogens is 1. The standard InChI is InChI=1S/C24H19BrO7/c1-24(2,3)32-22(27)12-29-15-5-6-16-17(11-21(26)30-20(16)10-15)18-9-13-8-14(25)4-7-19(13)31-23(18)28/h4-11H,12H2,1-3H3. The van der Waals surface area contributed by atoms with Crippen molar-refractivity contribution in [3.63, 3.8) is 0 Å². The number of fused-ring (bicyclic) bond motifs is 2. The van der Waals surface area contributed by atoms with Gasteiger partial charge in [-0.05, 0) is 57.2 Å². The normalized spacial score (nSPS) is 11.6. The summed E-state index contributed by atoms with van der Waals surface area (Å²) in [6.45, 7) is 4.99. The lowest BCUT2D eigenvalue weighted by molar-refractivity contribution is -0.157. The van der Waals surface area contributed by atoms with Crippen molar-refractivity contribution in [2.75, 3.05) is 6.61 Å². The summed E-state index contributed by atoms with van der Waals surface area (Å²) in [6.07, 6.45) is 0. The van der Waals surface area contributed by atoms with E-state index >= 15 is 0 Å². The smallest absolute Gasteiger partial charge is 0.344 e. The van der Waals surface area contributed by atoms with Gasteiger partial charge in [-0.15, -0.1) is 0 Å². The number of carbonyl (C=O) groups is 1. The molecule has 0 unspecified atom stereocenters. The van der Waals surface area contributed by atoms with Gasteiger partial charge in [0.15, 0.2) is 6.61 Å². The van der Waals surface area contributed by atoms with E-state index in [4.69, 9.17) is 18.3 Å². The third-order valence-corrected chi connectivity index (χ3v) is 4.97. The zero-order valence-corrected chi connectivity index (χ0v) is 19.1. The van der Waals surface area contributed by atoms with E-state index in [0.29, 0.717) is 27.7 Å². The fraction of sp³-hybridized carbons (Fsp3) is 0.208. The van der Waals surface area contributed by atoms with Gasteiger partial charge < -0.3 is 18.3 Å². The van der Waals surface area contributed by atoms with Crippen LogP contribution < -0.4 is 16.0 Å². The molecule has 2 aromatic carbocycles. The van der Waals surface area contributed by atoms with Crippen LogP contribution in [0.4, 0.5) is 0 Å². The first-order chi connectivity index (χ1) is 15.1. The molecular weight excluding hydrogens is 480 g/mol. The third-order valence-electron chi connectivity index (χ3n) is 4.48. The van der Waals surface area contributed by atoms with Gasteiger partial charge in [0.05, 0.1) is 5.56 Å². The molecule has 0 bridgehead atoms. The maximum Gasteiger partial charge on any atom is 0.344 e. The van der Waals surface area contributed by atoms with Crippen LogP contribution >= 0.6 is 15.9 Å². The number of benzene rings is 2. The van der Waals surface area contributed by atoms with Crippen LogP contribution in [0.15, 0.2) is 71.4 Å². The second kappa shape index (κ2) is 8.27. The van der Waals surface area contributed by atoms with Gasteiger partial charge in [-0.1, -0.05) is 15.9 Å². The highest BCUT2D eigenvalue weighted by molar-refractivity contribution is 9.10. The first-order valence-electron chi connectivity index (χ1n) is 9.75. The molecule has 0 atom stereocenters. The first-order valence-corrected chi connectivity index (χ1v) is 10.5. The Morgan fingerprint density at radius 3 is 2.47 bits per heavy atom. The molecule has 0 amide bonds. The van der Waals surface area contributed by atoms with Gasteiger partial charge in [0.1, 0.15) is 22.5 Å². The fourth-order valence-electron chi connectivity index (χ4n) is 3.25. The molecule has 4 aromatic rings. The molecule has 2 aromatic heterocycles. The largest absolute Gasteiger partial charge is 0.482 e. The zero-order valence-electron chi connectivity index (χ0n) is 17.6. The zero-order chi connectivity index (χ0) is 23.0. The van der Waals surface area contributed by atoms with Crippen LogP contribution in [-0.2, 0) is 9.53 Å². The molecule has 0 spiro atoms. The Morgan fingerprint density at radius 1 is 0.938 bits per heavy atom. The molecule has 0 saturated carbocycles. The summed E-state index contributed by atoms with van der Waals surface area (Å²) >= 11 is 3.40. The minimum Gasteiger partial charge on any atom is -0.482 e. The van der Waals surface area contributed by atoms with Gasteiger partial charge in [-0.25, -0.2) is 14.4 Å². The van der Waals surface area contributed by atoms with E-state index < -0.39 is 22.8 Å². The number of hydrogen-bond acceptors (Lipinski definition) is 7. The van der Waals surface area contributed by atoms with Crippen LogP contribution in [0.25, 0.3) is 33.1 Å². The summed E-state index contributed by atoms with van der Waals surface area (Å²) in [4.78, 5) is 36.8. The van der Waals surface area contributed by atoms with Crippen LogP contribution in [0.1, 0.15) is 20.8 Å². The molecule has 0 saturated heterocycles. The molecule has 8 heteroatoms. The van der Waals surface area contributed by atoms with Crippen molar-refractivity contribution < 1.29 is 23.1 Å². The van der Waals surface area contributed by atoms with Crippen LogP contribution in [0.3, 0.4) is 0 Å². The average molecular weight is 499 g/mol. The monoisotopic (exact) mass is 498 g/mol. The summed E-state index contributed by atoms with van der Waals surface area (Å²) in [5.74, 6) is -0.203. The van der Waals surface area contributed by atoms with Gasteiger partial charge in [0, 0.05) is 32.9 Å². The molecule has 0 aliphatic rings. The molecule has 7 nitrogen and oxygen atoms in total. The van der Waals surface area contributed by atoms with Crippen LogP contribution in [0.2, 0.25) is 0 Å². The molecule has 164 valence electrons. The molecule has 0 radical (unpaired) electrons. The Balaban J connectivity index is 1.73. The minimum atomic E-state index is -0.634. The van der Waals surface area contributed by atoms with Crippen molar-refractivity contribution >= 4 is 43.8 Å². The van der Waals surface area contributed by atoms with Crippen molar-refractivity contribution in [3.8, 4) is 16.9 Å². The Kier molecular flexibility index (Phi) is 5.64. The second-order valence-corrected chi connectivity index (χ2v) is 9.06. The molecule has 0 aliphatic carbocycles. The lowest BCUT2D eigenvalue weighted by atomic mass is 10.0. The summed E-state index contributed by atoms with van der Waals surface area (Å²) in [6, 6.07) is 13.0. The summed E-state index contributed by atoms with van der Waals surface area (Å²) in [5.41, 5.74) is -0.568. The van der Waals surface area contributed by atoms with E-state index in [-0.39, 0.29) is 17.8 Å². The topological polar surface area (TPSA) is 96.0 Å². The molecule has 0 N–H and O–H groups in total. The van der Waals surface area contributed by atoms with Crippen molar-refractivity contribution in [2.45, 2.75) is 26.4 Å². The molecule has 32 heavy (non-hydrogen) atoms. The number of rotatable bonds is 4. The number of esters is 1. The summed E-state index contributed by atoms with van der Waals surface area (Å²) in [5, 5.41) is 1.23. The van der Waals surface area contributed by atoms with E-state index in [2.05, 4.69) is 15.9 Å². The van der Waals surface area contributed by atoms with E-state index in [9.17, 15) is 14.4 Å². The van der Waals surface area contributed by atoms with Crippen molar-refractivity contribution in [2.24, 2.45) is 0 Å². The van der Waals surface area contributed by atoms with Crippen LogP contribution in [0, 0.1) is 0 Å². The molecular formula is C24H19BrO7. The molecule has 2 heterocycles. The maximum atomic E-state index is 12.6. The molecule has 0 fully saturated rings. The Labute approximate surface area is 190 Å². The SMILES string of the molecule is CC(C)(C)OC(=O)COc1ccc2c(-c3cc4cc(Br)ccc4oc3=O)cc(=O)oc2c1. The van der Waals surface area contributed by atoms with Gasteiger partial charge in [-0.3, -0.25) is 0 Å². The highest BCUT2D eigenvalue weighted by atomic mass is 79.9. The van der Waals surface area contributed by atoms with E-state index in [0.717, 1.165) is 4.47 Å². The summed E-state index contributed by atoms with van der Waals surface area (Å²) in [7, 11) is 0. The predicted octanol–water partition coefficient (Wildman–Crippen LogP) is 5.05. The first kappa shape index (κ1) is 21.8. The molecule has 0 aliphatic heterocycles. The number of hydrogen-bond donors (Lipinski definition) is 0. The van der Waals surface area contributed by atoms with Crippen molar-refractivity contribution in [1.82, 2.24) is 0 Å². The lowest BCUT2D eigenvalue weighted by Crippen LogP contribution is -2.27. The Morgan fingerprint density at radius 2 is 1.72 bits per heavy atom. The van der Waals surface area contributed by atoms with Crippen molar-refractivity contribution in [3.05, 3.63) is 73.8 Å². The van der Waals surface area contributed by atoms with Gasteiger partial charge in [0.25, 0.3) is 0 Å². The number of ether oxygens (including phenoxy) is 2. The Hall–Kier alpha value is -3.39. The van der Waals surface area contributed by atoms with Gasteiger partial charge in [-0.2, -0.15) is 0 Å². The minimum absolute atomic E-state index is 0.211. The highest BCUT2D eigenvalue weighted by Gasteiger charge is 2.18. The average Bonchev–Trinajstić information content (AvgIpc) is 2.70. The highest BCUT2D eigenvalue weighted by Crippen LogP contribution is 2.30. The van der Waals surface area contributed by atoms with E-state index in [1.54, 1.807) is 51.1 Å². The summed E-state index contributed by atoms with van der Waals surface area (Å²) < 4.78 is 22.3. The van der Waals surface area contributed by atoms with Crippen molar-refractivity contribution in [1.29, 1.82) is 0 Å². The predicted molar refractivity (Wildman–Crippen MR) is 123 cm³/mol. The van der Waals surface area contributed by atoms with Crippen LogP contribution in [-0.4, -0.2) is 18.2 Å². The fourth-order valence-corrected chi connectivity index (χ4v) is 3.63.